The molecule has 0 aliphatic carbocycles. The highest BCUT2D eigenvalue weighted by molar-refractivity contribution is 7.09. The summed E-state index contributed by atoms with van der Waals surface area (Å²) in [6, 6.07) is 5.19. The maximum absolute atomic E-state index is 12.3. The van der Waals surface area contributed by atoms with Crippen LogP contribution in [0.1, 0.15) is 47.0 Å². The van der Waals surface area contributed by atoms with Crippen LogP contribution in [0.2, 0.25) is 0 Å². The summed E-state index contributed by atoms with van der Waals surface area (Å²) in [5, 5.41) is 13.2. The van der Waals surface area contributed by atoms with Crippen LogP contribution in [-0.2, 0) is 22.4 Å². The van der Waals surface area contributed by atoms with E-state index in [1.807, 2.05) is 13.0 Å². The smallest absolute Gasteiger partial charge is 0.534 e. The summed E-state index contributed by atoms with van der Waals surface area (Å²) in [6.07, 6.45) is 4.75. The Morgan fingerprint density at radius 3 is 3.07 bits per heavy atom. The molecule has 2 N–H and O–H groups in total. The van der Waals surface area contributed by atoms with Crippen LogP contribution in [0.15, 0.2) is 29.9 Å². The van der Waals surface area contributed by atoms with Crippen molar-refractivity contribution in [3.8, 4) is 5.75 Å². The average Bonchev–Trinajstić information content (AvgIpc) is 3.20. The van der Waals surface area contributed by atoms with E-state index in [0.717, 1.165) is 23.3 Å². The van der Waals surface area contributed by atoms with Gasteiger partial charge in [0, 0.05) is 17.5 Å². The molecule has 1 amide bonds. The number of amides is 1. The molecule has 1 aromatic heterocycles. The van der Waals surface area contributed by atoms with E-state index in [-0.39, 0.29) is 5.91 Å². The van der Waals surface area contributed by atoms with Gasteiger partial charge >= 0.3 is 13.1 Å². The van der Waals surface area contributed by atoms with Gasteiger partial charge in [0.1, 0.15) is 11.3 Å². The number of esters is 1. The van der Waals surface area contributed by atoms with Crippen LogP contribution >= 0.6 is 11.3 Å². The van der Waals surface area contributed by atoms with Gasteiger partial charge in [-0.05, 0) is 30.9 Å². The van der Waals surface area contributed by atoms with Crippen molar-refractivity contribution in [3.05, 3.63) is 45.9 Å². The zero-order chi connectivity index (χ0) is 19.9. The molecular weight excluding hydrogens is 379 g/mol. The van der Waals surface area contributed by atoms with E-state index in [0.29, 0.717) is 37.2 Å². The fraction of sp³-hybridized carbons (Fsp3) is 0.421. The van der Waals surface area contributed by atoms with Gasteiger partial charge in [-0.3, -0.25) is 9.78 Å². The standard InChI is InChI=1S/C19H23BN2O5S/c1-2-3-9-26-19(24)15-6-4-5-13-10-16(20(25)27-18(13)15)22-17(23)8-7-14-11-21-12-28-14/h4-6,11-12,16,25H,2-3,7-10H2,1H3,(H,22,23)/t16-/m0/s1. The van der Waals surface area contributed by atoms with Crippen molar-refractivity contribution < 1.29 is 24.0 Å². The normalized spacial score (nSPS) is 15.5. The van der Waals surface area contributed by atoms with Gasteiger partial charge in [-0.15, -0.1) is 11.3 Å². The monoisotopic (exact) mass is 402 g/mol. The first-order valence-electron chi connectivity index (χ1n) is 9.39. The van der Waals surface area contributed by atoms with Crippen LogP contribution in [0.3, 0.4) is 0 Å². The molecule has 7 nitrogen and oxygen atoms in total. The number of fused-ring (bicyclic) bond motifs is 1. The summed E-state index contributed by atoms with van der Waals surface area (Å²) < 4.78 is 10.8. The van der Waals surface area contributed by atoms with Crippen LogP contribution in [-0.4, -0.2) is 41.6 Å². The molecule has 9 heteroatoms. The second-order valence-corrected chi connectivity index (χ2v) is 7.61. The lowest BCUT2D eigenvalue weighted by Crippen LogP contribution is -2.53. The molecule has 0 radical (unpaired) electrons. The third-order valence-corrected chi connectivity index (χ3v) is 5.34. The second kappa shape index (κ2) is 9.70. The van der Waals surface area contributed by atoms with E-state index in [1.165, 1.54) is 11.3 Å². The molecule has 3 rings (SSSR count). The number of hydrogen-bond acceptors (Lipinski definition) is 7. The van der Waals surface area contributed by atoms with E-state index in [2.05, 4.69) is 10.3 Å². The maximum atomic E-state index is 12.3. The minimum atomic E-state index is -1.23. The summed E-state index contributed by atoms with van der Waals surface area (Å²) >= 11 is 1.50. The first-order chi connectivity index (χ1) is 13.6. The van der Waals surface area contributed by atoms with Gasteiger partial charge in [-0.25, -0.2) is 4.79 Å². The molecule has 0 bridgehead atoms. The van der Waals surface area contributed by atoms with Crippen LogP contribution in [0, 0.1) is 0 Å². The van der Waals surface area contributed by atoms with Gasteiger partial charge in [0.25, 0.3) is 0 Å². The highest BCUT2D eigenvalue weighted by Gasteiger charge is 2.37. The predicted octanol–water partition coefficient (Wildman–Crippen LogP) is 2.17. The van der Waals surface area contributed by atoms with E-state index in [4.69, 9.17) is 9.39 Å². The molecule has 2 aromatic rings. The summed E-state index contributed by atoms with van der Waals surface area (Å²) in [6.45, 7) is 2.36. The van der Waals surface area contributed by atoms with Crippen LogP contribution < -0.4 is 9.97 Å². The molecule has 1 aromatic carbocycles. The summed E-state index contributed by atoms with van der Waals surface area (Å²) in [4.78, 5) is 29.5. The van der Waals surface area contributed by atoms with Gasteiger partial charge in [-0.2, -0.15) is 0 Å². The fourth-order valence-corrected chi connectivity index (χ4v) is 3.58. The van der Waals surface area contributed by atoms with Gasteiger partial charge < -0.3 is 19.7 Å². The third-order valence-electron chi connectivity index (χ3n) is 4.50. The van der Waals surface area contributed by atoms with Crippen molar-refractivity contribution in [2.45, 2.75) is 45.0 Å². The first-order valence-corrected chi connectivity index (χ1v) is 10.3. The number of nitrogens with one attached hydrogen (secondary N) is 1. The number of hydrogen-bond donors (Lipinski definition) is 2. The molecule has 0 saturated carbocycles. The van der Waals surface area contributed by atoms with Crippen molar-refractivity contribution in [1.29, 1.82) is 0 Å². The molecule has 0 unspecified atom stereocenters. The molecule has 0 saturated heterocycles. The number of carbonyl (C=O) groups excluding carboxylic acids is 2. The third kappa shape index (κ3) is 5.11. The Hall–Kier alpha value is -2.39. The number of unbranched alkanes of at least 4 members (excludes halogenated alkanes) is 1. The average molecular weight is 402 g/mol. The van der Waals surface area contributed by atoms with E-state index < -0.39 is 19.0 Å². The lowest BCUT2D eigenvalue weighted by atomic mass is 9.72. The minimum Gasteiger partial charge on any atom is -0.534 e. The van der Waals surface area contributed by atoms with Gasteiger partial charge in [0.15, 0.2) is 0 Å². The molecule has 1 aliphatic rings. The Kier molecular flexibility index (Phi) is 7.05. The molecule has 2 heterocycles. The lowest BCUT2D eigenvalue weighted by Gasteiger charge is -2.29. The summed E-state index contributed by atoms with van der Waals surface area (Å²) in [5.74, 6) is -0.886. The molecule has 148 valence electrons. The highest BCUT2D eigenvalue weighted by atomic mass is 32.1. The minimum absolute atomic E-state index is 0.167. The number of benzene rings is 1. The molecular formula is C19H23BN2O5S. The SMILES string of the molecule is CCCCOC(=O)c1cccc2c1OB(O)[C@@H](NC(=O)CCc1cncs1)C2. The Morgan fingerprint density at radius 1 is 1.46 bits per heavy atom. The van der Waals surface area contributed by atoms with Crippen molar-refractivity contribution in [2.24, 2.45) is 0 Å². The van der Waals surface area contributed by atoms with Crippen molar-refractivity contribution in [2.75, 3.05) is 6.61 Å². The Morgan fingerprint density at radius 2 is 2.32 bits per heavy atom. The van der Waals surface area contributed by atoms with Crippen molar-refractivity contribution >= 4 is 30.3 Å². The molecule has 1 aliphatic heterocycles. The molecule has 0 fully saturated rings. The maximum Gasteiger partial charge on any atom is 0.547 e. The topological polar surface area (TPSA) is 97.8 Å². The van der Waals surface area contributed by atoms with Crippen molar-refractivity contribution in [1.82, 2.24) is 10.3 Å². The van der Waals surface area contributed by atoms with Crippen molar-refractivity contribution in [3.63, 3.8) is 0 Å². The summed E-state index contributed by atoms with van der Waals surface area (Å²) in [7, 11) is -1.23. The first kappa shape index (κ1) is 20.4. The van der Waals surface area contributed by atoms with E-state index in [9.17, 15) is 14.6 Å². The van der Waals surface area contributed by atoms with E-state index in [1.54, 1.807) is 23.8 Å². The Labute approximate surface area is 168 Å². The fourth-order valence-electron chi connectivity index (χ4n) is 2.98. The number of ether oxygens (including phenoxy) is 1. The molecule has 28 heavy (non-hydrogen) atoms. The number of nitrogens with zero attached hydrogens (tertiary/aromatic N) is 1. The predicted molar refractivity (Wildman–Crippen MR) is 106 cm³/mol. The Balaban J connectivity index is 1.61. The van der Waals surface area contributed by atoms with Gasteiger partial charge in [0.05, 0.1) is 18.1 Å². The number of aryl methyl sites for hydroxylation is 1. The number of aromatic nitrogens is 1. The molecule has 1 atom stereocenters. The lowest BCUT2D eigenvalue weighted by molar-refractivity contribution is -0.121. The molecule has 0 spiro atoms. The number of para-hydroxylation sites is 1. The van der Waals surface area contributed by atoms with E-state index >= 15 is 0 Å². The van der Waals surface area contributed by atoms with Gasteiger partial charge in [-0.1, -0.05) is 25.5 Å². The largest absolute Gasteiger partial charge is 0.547 e. The van der Waals surface area contributed by atoms with Crippen LogP contribution in [0.5, 0.6) is 5.75 Å². The number of carbonyl (C=O) groups is 2. The zero-order valence-electron chi connectivity index (χ0n) is 15.7. The summed E-state index contributed by atoms with van der Waals surface area (Å²) in [5.41, 5.74) is 2.78. The Bertz CT molecular complexity index is 815. The quantitative estimate of drug-likeness (QED) is 0.399. The van der Waals surface area contributed by atoms with Crippen LogP contribution in [0.25, 0.3) is 0 Å². The highest BCUT2D eigenvalue weighted by Crippen LogP contribution is 2.30. The van der Waals surface area contributed by atoms with Gasteiger partial charge in [0.2, 0.25) is 5.91 Å². The number of thiazole rings is 1. The number of rotatable bonds is 8. The zero-order valence-corrected chi connectivity index (χ0v) is 16.5. The second-order valence-electron chi connectivity index (χ2n) is 6.64. The van der Waals surface area contributed by atoms with Crippen LogP contribution in [0.4, 0.5) is 0 Å².